The molecule has 1 aliphatic carbocycles. The molecular weight excluding hydrogens is 362 g/mol. The van der Waals surface area contributed by atoms with Gasteiger partial charge in [0.05, 0.1) is 5.39 Å². The molecule has 144 valence electrons. The molecule has 7 nitrogen and oxygen atoms in total. The van der Waals surface area contributed by atoms with Gasteiger partial charge in [0.2, 0.25) is 5.91 Å². The molecule has 1 unspecified atom stereocenters. The van der Waals surface area contributed by atoms with E-state index >= 15 is 0 Å². The smallest absolute Gasteiger partial charge is 0.350 e. The fourth-order valence-electron chi connectivity index (χ4n) is 3.80. The summed E-state index contributed by atoms with van der Waals surface area (Å²) in [6.07, 6.45) is 3.18. The van der Waals surface area contributed by atoms with Gasteiger partial charge in [-0.15, -0.1) is 16.4 Å². The first-order valence-electron chi connectivity index (χ1n) is 9.35. The van der Waals surface area contributed by atoms with Crippen molar-refractivity contribution in [3.8, 4) is 0 Å². The molecule has 27 heavy (non-hydrogen) atoms. The number of nitrogens with one attached hydrogen (secondary N) is 1. The summed E-state index contributed by atoms with van der Waals surface area (Å²) in [5, 5.41) is 8.41. The number of rotatable bonds is 2. The highest BCUT2D eigenvalue weighted by molar-refractivity contribution is 7.19. The van der Waals surface area contributed by atoms with Gasteiger partial charge in [-0.2, -0.15) is 0 Å². The maximum atomic E-state index is 12.9. The van der Waals surface area contributed by atoms with Gasteiger partial charge in [0.15, 0.2) is 5.65 Å². The van der Waals surface area contributed by atoms with Gasteiger partial charge in [-0.05, 0) is 58.4 Å². The van der Waals surface area contributed by atoms with E-state index in [4.69, 9.17) is 0 Å². The number of nitrogens with zero attached hydrogens (tertiary/aromatic N) is 4. The summed E-state index contributed by atoms with van der Waals surface area (Å²) < 4.78 is 2.79. The van der Waals surface area contributed by atoms with Crippen LogP contribution < -0.4 is 11.0 Å². The summed E-state index contributed by atoms with van der Waals surface area (Å²) in [7, 11) is 0. The fraction of sp³-hybridized carbons (Fsp3) is 0.579. The van der Waals surface area contributed by atoms with E-state index in [0.717, 1.165) is 29.5 Å². The van der Waals surface area contributed by atoms with E-state index in [0.29, 0.717) is 17.4 Å². The van der Waals surface area contributed by atoms with Crippen LogP contribution in [0.15, 0.2) is 4.79 Å². The first-order chi connectivity index (χ1) is 12.6. The van der Waals surface area contributed by atoms with Crippen molar-refractivity contribution in [1.82, 2.24) is 24.5 Å². The van der Waals surface area contributed by atoms with Crippen LogP contribution in [0.5, 0.6) is 0 Å². The number of carbonyl (C=O) groups is 1. The molecule has 0 fully saturated rings. The summed E-state index contributed by atoms with van der Waals surface area (Å²) in [5.41, 5.74) is 1.23. The highest BCUT2D eigenvalue weighted by Crippen LogP contribution is 2.38. The number of hydrogen-bond donors (Lipinski definition) is 1. The Morgan fingerprint density at radius 2 is 2.11 bits per heavy atom. The van der Waals surface area contributed by atoms with Crippen LogP contribution in [-0.4, -0.2) is 30.6 Å². The Morgan fingerprint density at radius 3 is 2.81 bits per heavy atom. The van der Waals surface area contributed by atoms with Crippen LogP contribution in [0.4, 0.5) is 0 Å². The summed E-state index contributed by atoms with van der Waals surface area (Å²) in [5.74, 6) is 1.05. The minimum Gasteiger partial charge on any atom is -0.350 e. The molecule has 0 spiro atoms. The number of aryl methyl sites for hydroxylation is 2. The average Bonchev–Trinajstić information content (AvgIpc) is 3.03. The third kappa shape index (κ3) is 3.16. The lowest BCUT2D eigenvalue weighted by Crippen LogP contribution is -2.43. The van der Waals surface area contributed by atoms with Gasteiger partial charge in [0.1, 0.15) is 17.2 Å². The normalized spacial score (nSPS) is 17.4. The minimum absolute atomic E-state index is 0.0952. The maximum Gasteiger partial charge on any atom is 0.352 e. The molecule has 1 amide bonds. The van der Waals surface area contributed by atoms with Crippen molar-refractivity contribution in [2.45, 2.75) is 66.0 Å². The lowest BCUT2D eigenvalue weighted by Gasteiger charge is -2.20. The lowest BCUT2D eigenvalue weighted by atomic mass is 9.89. The summed E-state index contributed by atoms with van der Waals surface area (Å²) in [6, 6.07) is 0. The first kappa shape index (κ1) is 18.2. The summed E-state index contributed by atoms with van der Waals surface area (Å²) in [6.45, 7) is 9.72. The number of aromatic nitrogens is 4. The first-order valence-corrected chi connectivity index (χ1v) is 10.2. The SMILES string of the molecule is Cc1nc2sc3c(c2c2nn(CC(=O)NC(C)(C)C)c(=O)n12)CCC(C)C3. The minimum atomic E-state index is -0.353. The van der Waals surface area contributed by atoms with Crippen LogP contribution in [0.3, 0.4) is 0 Å². The zero-order valence-corrected chi connectivity index (χ0v) is 17.2. The molecule has 4 rings (SSSR count). The van der Waals surface area contributed by atoms with E-state index in [1.54, 1.807) is 11.3 Å². The quantitative estimate of drug-likeness (QED) is 0.732. The standard InChI is InChI=1S/C19H25N5O2S/c1-10-6-7-12-13(8-10)27-17-15(12)16-22-23(9-14(25)21-19(3,4)5)18(26)24(16)11(2)20-17/h10H,6-9H2,1-5H3,(H,21,25). The molecule has 0 saturated carbocycles. The van der Waals surface area contributed by atoms with Gasteiger partial charge < -0.3 is 5.32 Å². The maximum absolute atomic E-state index is 12.9. The number of amides is 1. The van der Waals surface area contributed by atoms with E-state index in [1.807, 2.05) is 27.7 Å². The number of hydrogen-bond acceptors (Lipinski definition) is 5. The Bertz CT molecular complexity index is 1120. The molecule has 0 bridgehead atoms. The van der Waals surface area contributed by atoms with Crippen molar-refractivity contribution in [3.63, 3.8) is 0 Å². The molecule has 3 aromatic rings. The van der Waals surface area contributed by atoms with Crippen LogP contribution in [0.1, 0.15) is 50.4 Å². The Morgan fingerprint density at radius 1 is 1.37 bits per heavy atom. The zero-order valence-electron chi connectivity index (χ0n) is 16.4. The van der Waals surface area contributed by atoms with Gasteiger partial charge in [-0.25, -0.2) is 18.9 Å². The second-order valence-corrected chi connectivity index (χ2v) is 9.67. The molecule has 3 heterocycles. The zero-order chi connectivity index (χ0) is 19.5. The second-order valence-electron chi connectivity index (χ2n) is 8.59. The summed E-state index contributed by atoms with van der Waals surface area (Å²) >= 11 is 1.71. The molecular formula is C19H25N5O2S. The largest absolute Gasteiger partial charge is 0.352 e. The van der Waals surface area contributed by atoms with Crippen molar-refractivity contribution in [1.29, 1.82) is 0 Å². The second kappa shape index (κ2) is 6.15. The number of fused-ring (bicyclic) bond motifs is 5. The predicted octanol–water partition coefficient (Wildman–Crippen LogP) is 2.45. The van der Waals surface area contributed by atoms with Gasteiger partial charge in [-0.1, -0.05) is 6.92 Å². The van der Waals surface area contributed by atoms with Crippen molar-refractivity contribution in [3.05, 3.63) is 26.7 Å². The molecule has 0 aromatic carbocycles. The highest BCUT2D eigenvalue weighted by Gasteiger charge is 2.25. The lowest BCUT2D eigenvalue weighted by molar-refractivity contribution is -0.123. The van der Waals surface area contributed by atoms with Crippen molar-refractivity contribution in [2.24, 2.45) is 5.92 Å². The molecule has 0 aliphatic heterocycles. The fourth-order valence-corrected chi connectivity index (χ4v) is 5.22. The van der Waals surface area contributed by atoms with Crippen LogP contribution in [0.2, 0.25) is 0 Å². The Balaban J connectivity index is 1.86. The molecule has 8 heteroatoms. The predicted molar refractivity (Wildman–Crippen MR) is 106 cm³/mol. The average molecular weight is 388 g/mol. The van der Waals surface area contributed by atoms with Crippen LogP contribution >= 0.6 is 11.3 Å². The van der Waals surface area contributed by atoms with E-state index in [1.165, 1.54) is 19.5 Å². The number of carbonyl (C=O) groups excluding carboxylic acids is 1. The van der Waals surface area contributed by atoms with Crippen LogP contribution in [0.25, 0.3) is 15.9 Å². The van der Waals surface area contributed by atoms with Gasteiger partial charge in [-0.3, -0.25) is 4.79 Å². The molecule has 3 aromatic heterocycles. The van der Waals surface area contributed by atoms with Crippen molar-refractivity contribution in [2.75, 3.05) is 0 Å². The van der Waals surface area contributed by atoms with Crippen molar-refractivity contribution < 1.29 is 4.79 Å². The van der Waals surface area contributed by atoms with E-state index in [-0.39, 0.29) is 23.7 Å². The third-order valence-corrected chi connectivity index (χ3v) is 6.10. The molecule has 1 aliphatic rings. The van der Waals surface area contributed by atoms with Gasteiger partial charge in [0.25, 0.3) is 0 Å². The highest BCUT2D eigenvalue weighted by atomic mass is 32.1. The summed E-state index contributed by atoms with van der Waals surface area (Å²) in [4.78, 5) is 32.1. The molecule has 0 radical (unpaired) electrons. The molecule has 1 atom stereocenters. The number of thiophene rings is 1. The van der Waals surface area contributed by atoms with Crippen LogP contribution in [-0.2, 0) is 24.2 Å². The van der Waals surface area contributed by atoms with E-state index < -0.39 is 0 Å². The van der Waals surface area contributed by atoms with Gasteiger partial charge in [0, 0.05) is 10.4 Å². The van der Waals surface area contributed by atoms with Gasteiger partial charge >= 0.3 is 5.69 Å². The Labute approximate surface area is 161 Å². The third-order valence-electron chi connectivity index (χ3n) is 4.95. The van der Waals surface area contributed by atoms with Crippen molar-refractivity contribution >= 4 is 33.1 Å². The monoisotopic (exact) mass is 387 g/mol. The Kier molecular flexibility index (Phi) is 4.14. The molecule has 1 N–H and O–H groups in total. The van der Waals surface area contributed by atoms with E-state index in [2.05, 4.69) is 22.3 Å². The molecule has 0 saturated heterocycles. The van der Waals surface area contributed by atoms with Crippen LogP contribution in [0, 0.1) is 12.8 Å². The van der Waals surface area contributed by atoms with E-state index in [9.17, 15) is 9.59 Å². The topological polar surface area (TPSA) is 81.3 Å². The Hall–Kier alpha value is -2.22.